The van der Waals surface area contributed by atoms with Gasteiger partial charge in [-0.3, -0.25) is 4.79 Å². The Bertz CT molecular complexity index is 390. The van der Waals surface area contributed by atoms with Gasteiger partial charge in [-0.25, -0.2) is 0 Å². The summed E-state index contributed by atoms with van der Waals surface area (Å²) in [5, 5.41) is 9.80. The molecule has 0 aliphatic heterocycles. The molecule has 3 nitrogen and oxygen atoms in total. The monoisotopic (exact) mass is 289 g/mol. The van der Waals surface area contributed by atoms with E-state index in [1.54, 1.807) is 30.1 Å². The van der Waals surface area contributed by atoms with Gasteiger partial charge in [0.2, 0.25) is 5.91 Å². The third-order valence-electron chi connectivity index (χ3n) is 2.57. The maximum absolute atomic E-state index is 11.8. The van der Waals surface area contributed by atoms with Gasteiger partial charge in [0, 0.05) is 36.7 Å². The first-order chi connectivity index (χ1) is 8.52. The topological polar surface area (TPSA) is 40.5 Å². The second-order valence-electron chi connectivity index (χ2n) is 4.21. The van der Waals surface area contributed by atoms with Crippen LogP contribution in [-0.2, 0) is 11.3 Å². The van der Waals surface area contributed by atoms with Crippen LogP contribution in [0.1, 0.15) is 24.8 Å². The first-order valence-electron chi connectivity index (χ1n) is 5.82. The summed E-state index contributed by atoms with van der Waals surface area (Å²) in [5.41, 5.74) is 0.908. The van der Waals surface area contributed by atoms with Gasteiger partial charge in [-0.05, 0) is 36.6 Å². The number of benzene rings is 1. The molecule has 0 atom stereocenters. The molecule has 18 heavy (non-hydrogen) atoms. The van der Waals surface area contributed by atoms with Gasteiger partial charge >= 0.3 is 0 Å². The van der Waals surface area contributed by atoms with Crippen molar-refractivity contribution in [3.63, 3.8) is 0 Å². The van der Waals surface area contributed by atoms with Gasteiger partial charge in [0.15, 0.2) is 0 Å². The van der Waals surface area contributed by atoms with Crippen molar-refractivity contribution >= 4 is 29.1 Å². The second kappa shape index (κ2) is 7.62. The summed E-state index contributed by atoms with van der Waals surface area (Å²) in [6.07, 6.45) is 1.81. The molecule has 0 radical (unpaired) electrons. The second-order valence-corrected chi connectivity index (χ2v) is 5.08. The number of hydrogen-bond donors (Lipinski definition) is 1. The lowest BCUT2D eigenvalue weighted by atomic mass is 10.2. The van der Waals surface area contributed by atoms with Crippen molar-refractivity contribution < 1.29 is 9.90 Å². The van der Waals surface area contributed by atoms with E-state index in [0.29, 0.717) is 35.9 Å². The molecule has 1 N–H and O–H groups in total. The first-order valence-corrected chi connectivity index (χ1v) is 6.58. The molecular weight excluding hydrogens is 273 g/mol. The molecule has 0 saturated carbocycles. The van der Waals surface area contributed by atoms with E-state index in [1.165, 1.54) is 0 Å². The average Bonchev–Trinajstić information content (AvgIpc) is 2.27. The van der Waals surface area contributed by atoms with Crippen LogP contribution in [0.25, 0.3) is 0 Å². The Hall–Kier alpha value is -0.770. The molecule has 1 amide bonds. The van der Waals surface area contributed by atoms with E-state index in [9.17, 15) is 4.79 Å². The molecule has 0 fully saturated rings. The fourth-order valence-electron chi connectivity index (χ4n) is 1.64. The maximum Gasteiger partial charge on any atom is 0.222 e. The number of carbonyl (C=O) groups excluding carboxylic acids is 1. The SMILES string of the molecule is CN(Cc1cc(Cl)cc(Cl)c1)C(=O)CCCCO. The predicted molar refractivity (Wildman–Crippen MR) is 73.9 cm³/mol. The van der Waals surface area contributed by atoms with Crippen LogP contribution in [0.3, 0.4) is 0 Å². The molecule has 0 saturated heterocycles. The Morgan fingerprint density at radius 1 is 1.22 bits per heavy atom. The van der Waals surface area contributed by atoms with Gasteiger partial charge in [0.25, 0.3) is 0 Å². The Labute approximate surface area is 117 Å². The van der Waals surface area contributed by atoms with E-state index >= 15 is 0 Å². The van der Waals surface area contributed by atoms with Gasteiger partial charge in [-0.15, -0.1) is 0 Å². The van der Waals surface area contributed by atoms with Crippen LogP contribution >= 0.6 is 23.2 Å². The molecular formula is C13H17Cl2NO2. The van der Waals surface area contributed by atoms with Crippen LogP contribution in [0.2, 0.25) is 10.0 Å². The molecule has 0 spiro atoms. The highest BCUT2D eigenvalue weighted by molar-refractivity contribution is 6.34. The van der Waals surface area contributed by atoms with Gasteiger partial charge in [0.1, 0.15) is 0 Å². The number of rotatable bonds is 6. The fourth-order valence-corrected chi connectivity index (χ4v) is 2.21. The van der Waals surface area contributed by atoms with E-state index in [0.717, 1.165) is 5.56 Å². The zero-order valence-electron chi connectivity index (χ0n) is 10.3. The maximum atomic E-state index is 11.8. The van der Waals surface area contributed by atoms with Gasteiger partial charge in [0.05, 0.1) is 0 Å². The summed E-state index contributed by atoms with van der Waals surface area (Å²) in [6, 6.07) is 5.26. The highest BCUT2D eigenvalue weighted by Crippen LogP contribution is 2.20. The van der Waals surface area contributed by atoms with Gasteiger partial charge in [-0.2, -0.15) is 0 Å². The molecule has 0 aliphatic carbocycles. The molecule has 0 aliphatic rings. The van der Waals surface area contributed by atoms with E-state index in [4.69, 9.17) is 28.3 Å². The number of unbranched alkanes of at least 4 members (excludes halogenated alkanes) is 1. The Balaban J connectivity index is 2.52. The Kier molecular flexibility index (Phi) is 6.47. The summed E-state index contributed by atoms with van der Waals surface area (Å²) in [7, 11) is 1.75. The minimum atomic E-state index is 0.0551. The fraction of sp³-hybridized carbons (Fsp3) is 0.462. The summed E-state index contributed by atoms with van der Waals surface area (Å²) in [5.74, 6) is 0.0551. The molecule has 0 heterocycles. The smallest absolute Gasteiger partial charge is 0.222 e. The van der Waals surface area contributed by atoms with Crippen molar-refractivity contribution in [1.29, 1.82) is 0 Å². The summed E-state index contributed by atoms with van der Waals surface area (Å²) in [6.45, 7) is 0.610. The largest absolute Gasteiger partial charge is 0.396 e. The minimum Gasteiger partial charge on any atom is -0.396 e. The molecule has 1 aromatic rings. The summed E-state index contributed by atoms with van der Waals surface area (Å²) in [4.78, 5) is 13.4. The van der Waals surface area contributed by atoms with Crippen LogP contribution in [0, 0.1) is 0 Å². The van der Waals surface area contributed by atoms with Crippen molar-refractivity contribution in [3.8, 4) is 0 Å². The van der Waals surface area contributed by atoms with Crippen LogP contribution in [0.15, 0.2) is 18.2 Å². The average molecular weight is 290 g/mol. The molecule has 1 aromatic carbocycles. The van der Waals surface area contributed by atoms with Crippen LogP contribution in [0.4, 0.5) is 0 Å². The van der Waals surface area contributed by atoms with Crippen LogP contribution in [0.5, 0.6) is 0 Å². The van der Waals surface area contributed by atoms with Crippen LogP contribution in [-0.4, -0.2) is 29.6 Å². The van der Waals surface area contributed by atoms with E-state index < -0.39 is 0 Å². The first kappa shape index (κ1) is 15.3. The zero-order chi connectivity index (χ0) is 13.5. The van der Waals surface area contributed by atoms with Gasteiger partial charge < -0.3 is 10.0 Å². The van der Waals surface area contributed by atoms with Crippen molar-refractivity contribution in [3.05, 3.63) is 33.8 Å². The van der Waals surface area contributed by atoms with Crippen molar-refractivity contribution in [1.82, 2.24) is 4.90 Å². The molecule has 0 unspecified atom stereocenters. The molecule has 100 valence electrons. The Morgan fingerprint density at radius 3 is 2.39 bits per heavy atom. The summed E-state index contributed by atoms with van der Waals surface area (Å²) < 4.78 is 0. The zero-order valence-corrected chi connectivity index (χ0v) is 11.8. The quantitative estimate of drug-likeness (QED) is 0.818. The highest BCUT2D eigenvalue weighted by atomic mass is 35.5. The third kappa shape index (κ3) is 5.25. The lowest BCUT2D eigenvalue weighted by Gasteiger charge is -2.17. The summed E-state index contributed by atoms with van der Waals surface area (Å²) >= 11 is 11.8. The molecule has 0 aromatic heterocycles. The normalized spacial score (nSPS) is 10.4. The molecule has 5 heteroatoms. The number of hydrogen-bond acceptors (Lipinski definition) is 2. The number of halogens is 2. The van der Waals surface area contributed by atoms with E-state index in [2.05, 4.69) is 0 Å². The van der Waals surface area contributed by atoms with Gasteiger partial charge in [-0.1, -0.05) is 23.2 Å². The Morgan fingerprint density at radius 2 is 1.83 bits per heavy atom. The molecule has 1 rings (SSSR count). The molecule has 0 bridgehead atoms. The highest BCUT2D eigenvalue weighted by Gasteiger charge is 2.09. The lowest BCUT2D eigenvalue weighted by Crippen LogP contribution is -2.25. The van der Waals surface area contributed by atoms with Crippen molar-refractivity contribution in [2.75, 3.05) is 13.7 Å². The van der Waals surface area contributed by atoms with Crippen molar-refractivity contribution in [2.24, 2.45) is 0 Å². The lowest BCUT2D eigenvalue weighted by molar-refractivity contribution is -0.130. The number of nitrogens with zero attached hydrogens (tertiary/aromatic N) is 1. The van der Waals surface area contributed by atoms with Crippen molar-refractivity contribution in [2.45, 2.75) is 25.8 Å². The van der Waals surface area contributed by atoms with E-state index in [-0.39, 0.29) is 12.5 Å². The third-order valence-corrected chi connectivity index (χ3v) is 3.00. The standard InChI is InChI=1S/C13H17Cl2NO2/c1-16(13(18)4-2-3-5-17)9-10-6-11(14)8-12(15)7-10/h6-8,17H,2-5,9H2,1H3. The number of aliphatic hydroxyl groups excluding tert-OH is 1. The van der Waals surface area contributed by atoms with Crippen LogP contribution < -0.4 is 0 Å². The number of amides is 1. The number of aliphatic hydroxyl groups is 1. The minimum absolute atomic E-state index is 0.0551. The number of carbonyl (C=O) groups is 1. The predicted octanol–water partition coefficient (Wildman–Crippen LogP) is 3.11. The van der Waals surface area contributed by atoms with E-state index in [1.807, 2.05) is 0 Å².